The summed E-state index contributed by atoms with van der Waals surface area (Å²) in [7, 11) is 2.44. The molecule has 9 heteroatoms. The number of carbonyl (C=O) groups is 2. The Morgan fingerprint density at radius 2 is 1.62 bits per heavy atom. The first-order chi connectivity index (χ1) is 15.5. The minimum absolute atomic E-state index is 0.0820. The Kier molecular flexibility index (Phi) is 5.80. The molecule has 0 saturated heterocycles. The molecule has 2 aromatic carbocycles. The van der Waals surface area contributed by atoms with E-state index in [9.17, 15) is 9.59 Å². The second-order valence-corrected chi connectivity index (χ2v) is 7.08. The predicted octanol–water partition coefficient (Wildman–Crippen LogP) is 3.06. The Balaban J connectivity index is 1.81. The normalized spacial score (nSPS) is 10.7. The van der Waals surface area contributed by atoms with E-state index in [0.717, 1.165) is 28.1 Å². The Bertz CT molecular complexity index is 1260. The number of aromatic nitrogens is 5. The second kappa shape index (κ2) is 8.84. The molecule has 0 N–H and O–H groups in total. The summed E-state index contributed by atoms with van der Waals surface area (Å²) in [6.45, 7) is 2.16. The van der Waals surface area contributed by atoms with Crippen LogP contribution in [0, 0.1) is 6.92 Å². The van der Waals surface area contributed by atoms with Gasteiger partial charge in [0.1, 0.15) is 0 Å². The third-order valence-corrected chi connectivity index (χ3v) is 4.95. The predicted molar refractivity (Wildman–Crippen MR) is 116 cm³/mol. The van der Waals surface area contributed by atoms with Crippen molar-refractivity contribution in [2.24, 2.45) is 0 Å². The third-order valence-electron chi connectivity index (χ3n) is 4.95. The van der Waals surface area contributed by atoms with Crippen molar-refractivity contribution < 1.29 is 19.1 Å². The number of benzene rings is 2. The minimum Gasteiger partial charge on any atom is -0.464 e. The fourth-order valence-corrected chi connectivity index (χ4v) is 3.31. The van der Waals surface area contributed by atoms with E-state index < -0.39 is 11.9 Å². The van der Waals surface area contributed by atoms with Crippen LogP contribution in [0.1, 0.15) is 32.1 Å². The van der Waals surface area contributed by atoms with E-state index in [2.05, 4.69) is 10.3 Å². The molecule has 0 fully saturated rings. The molecule has 0 saturated carbocycles. The van der Waals surface area contributed by atoms with Crippen LogP contribution in [0.3, 0.4) is 0 Å². The molecule has 0 bridgehead atoms. The van der Waals surface area contributed by atoms with Gasteiger partial charge in [0, 0.05) is 17.3 Å². The molecule has 0 aliphatic carbocycles. The highest BCUT2D eigenvalue weighted by Crippen LogP contribution is 2.25. The van der Waals surface area contributed by atoms with Crippen molar-refractivity contribution in [1.29, 1.82) is 0 Å². The maximum atomic E-state index is 12.4. The molecule has 32 heavy (non-hydrogen) atoms. The van der Waals surface area contributed by atoms with Gasteiger partial charge < -0.3 is 9.47 Å². The van der Waals surface area contributed by atoms with Crippen molar-refractivity contribution >= 4 is 11.9 Å². The van der Waals surface area contributed by atoms with Crippen LogP contribution in [0.15, 0.2) is 60.8 Å². The second-order valence-electron chi connectivity index (χ2n) is 7.08. The highest BCUT2D eigenvalue weighted by Gasteiger charge is 2.28. The van der Waals surface area contributed by atoms with Crippen LogP contribution >= 0.6 is 0 Å². The number of methoxy groups -OCH3 is 2. The monoisotopic (exact) mass is 431 g/mol. The fourth-order valence-electron chi connectivity index (χ4n) is 3.31. The smallest absolute Gasteiger partial charge is 0.361 e. The molecule has 0 atom stereocenters. The number of ether oxygens (including phenoxy) is 2. The van der Waals surface area contributed by atoms with E-state index >= 15 is 0 Å². The molecular weight excluding hydrogens is 410 g/mol. The summed E-state index contributed by atoms with van der Waals surface area (Å²) < 4.78 is 12.7. The van der Waals surface area contributed by atoms with Gasteiger partial charge in [-0.05, 0) is 19.1 Å². The number of aryl methyl sites for hydroxylation is 1. The summed E-state index contributed by atoms with van der Waals surface area (Å²) in [6.07, 6.45) is 1.87. The first-order valence-electron chi connectivity index (χ1n) is 9.83. The summed E-state index contributed by atoms with van der Waals surface area (Å²) in [6, 6.07) is 17.7. The average Bonchev–Trinajstić information content (AvgIpc) is 3.44. The zero-order valence-electron chi connectivity index (χ0n) is 17.8. The summed E-state index contributed by atoms with van der Waals surface area (Å²) >= 11 is 0. The first kappa shape index (κ1) is 21.0. The lowest BCUT2D eigenvalue weighted by atomic mass is 10.1. The van der Waals surface area contributed by atoms with Crippen molar-refractivity contribution in [3.05, 3.63) is 83.3 Å². The van der Waals surface area contributed by atoms with Crippen molar-refractivity contribution in [3.63, 3.8) is 0 Å². The van der Waals surface area contributed by atoms with E-state index in [0.29, 0.717) is 0 Å². The van der Waals surface area contributed by atoms with Gasteiger partial charge in [0.25, 0.3) is 0 Å². The number of carbonyl (C=O) groups excluding carboxylic acids is 2. The molecule has 0 aliphatic heterocycles. The number of nitrogens with zero attached hydrogens (tertiary/aromatic N) is 5. The molecule has 0 unspecified atom stereocenters. The first-order valence-corrected chi connectivity index (χ1v) is 9.83. The quantitative estimate of drug-likeness (QED) is 0.433. The van der Waals surface area contributed by atoms with E-state index in [1.165, 1.54) is 18.9 Å². The van der Waals surface area contributed by atoms with Crippen LogP contribution < -0.4 is 0 Å². The Labute approximate surface area is 184 Å². The number of esters is 2. The Morgan fingerprint density at radius 1 is 0.938 bits per heavy atom. The maximum Gasteiger partial charge on any atom is 0.361 e. The van der Waals surface area contributed by atoms with Gasteiger partial charge in [-0.1, -0.05) is 53.2 Å². The highest BCUT2D eigenvalue weighted by molar-refractivity contribution is 6.00. The molecule has 4 aromatic rings. The lowest BCUT2D eigenvalue weighted by molar-refractivity contribution is 0.0544. The van der Waals surface area contributed by atoms with Gasteiger partial charge in [-0.15, -0.1) is 5.10 Å². The van der Waals surface area contributed by atoms with Gasteiger partial charge in [-0.3, -0.25) is 0 Å². The van der Waals surface area contributed by atoms with Gasteiger partial charge in [0.2, 0.25) is 5.69 Å². The molecule has 0 amide bonds. The Hall–Kier alpha value is -4.27. The van der Waals surface area contributed by atoms with E-state index in [-0.39, 0.29) is 17.9 Å². The lowest BCUT2D eigenvalue weighted by Crippen LogP contribution is -2.17. The molecule has 0 radical (unpaired) electrons. The number of hydrogen-bond donors (Lipinski definition) is 0. The van der Waals surface area contributed by atoms with Crippen molar-refractivity contribution in [2.75, 3.05) is 14.2 Å². The van der Waals surface area contributed by atoms with Crippen LogP contribution in [0.25, 0.3) is 16.9 Å². The van der Waals surface area contributed by atoms with Gasteiger partial charge >= 0.3 is 11.9 Å². The number of rotatable bonds is 6. The van der Waals surface area contributed by atoms with Gasteiger partial charge in [0.15, 0.2) is 5.69 Å². The lowest BCUT2D eigenvalue weighted by Gasteiger charge is -2.06. The van der Waals surface area contributed by atoms with Gasteiger partial charge in [-0.2, -0.15) is 5.10 Å². The molecule has 162 valence electrons. The van der Waals surface area contributed by atoms with Crippen molar-refractivity contribution in [2.45, 2.75) is 13.5 Å². The van der Waals surface area contributed by atoms with Crippen molar-refractivity contribution in [3.8, 4) is 16.9 Å². The number of hydrogen-bond acceptors (Lipinski definition) is 7. The summed E-state index contributed by atoms with van der Waals surface area (Å²) in [4.78, 5) is 24.5. The third kappa shape index (κ3) is 4.00. The van der Waals surface area contributed by atoms with Crippen LogP contribution in [-0.4, -0.2) is 50.9 Å². The zero-order valence-corrected chi connectivity index (χ0v) is 17.8. The van der Waals surface area contributed by atoms with Crippen LogP contribution in [0.2, 0.25) is 0 Å². The minimum atomic E-state index is -0.768. The standard InChI is InChI=1S/C23H21N5O4/c1-15-9-11-18(12-10-15)27-13-17(19(25-27)16-7-5-4-6-8-16)14-28-21(23(30)32-3)20(24-26-28)22(29)31-2/h4-13H,14H2,1-3H3. The highest BCUT2D eigenvalue weighted by atomic mass is 16.5. The topological polar surface area (TPSA) is 101 Å². The maximum absolute atomic E-state index is 12.4. The Morgan fingerprint density at radius 3 is 2.28 bits per heavy atom. The molecule has 0 aliphatic rings. The van der Waals surface area contributed by atoms with Crippen LogP contribution in [0.4, 0.5) is 0 Å². The zero-order chi connectivity index (χ0) is 22.7. The fraction of sp³-hybridized carbons (Fsp3) is 0.174. The molecule has 9 nitrogen and oxygen atoms in total. The van der Waals surface area contributed by atoms with E-state index in [1.807, 2.05) is 67.7 Å². The van der Waals surface area contributed by atoms with Crippen LogP contribution in [0.5, 0.6) is 0 Å². The van der Waals surface area contributed by atoms with Gasteiger partial charge in [0.05, 0.1) is 32.1 Å². The summed E-state index contributed by atoms with van der Waals surface area (Å²) in [5, 5.41) is 12.6. The largest absolute Gasteiger partial charge is 0.464 e. The SMILES string of the molecule is COC(=O)c1nnn(Cc2cn(-c3ccc(C)cc3)nc2-c2ccccc2)c1C(=O)OC. The van der Waals surface area contributed by atoms with E-state index in [1.54, 1.807) is 4.68 Å². The summed E-state index contributed by atoms with van der Waals surface area (Å²) in [5.74, 6) is -1.50. The molecule has 2 aromatic heterocycles. The van der Waals surface area contributed by atoms with Gasteiger partial charge in [-0.25, -0.2) is 19.0 Å². The van der Waals surface area contributed by atoms with Crippen LogP contribution in [-0.2, 0) is 16.0 Å². The summed E-state index contributed by atoms with van der Waals surface area (Å²) in [5.41, 5.74) is 4.15. The molecule has 0 spiro atoms. The average molecular weight is 431 g/mol. The molecule has 2 heterocycles. The molecule has 4 rings (SSSR count). The molecular formula is C23H21N5O4. The van der Waals surface area contributed by atoms with E-state index in [4.69, 9.17) is 14.6 Å². The van der Waals surface area contributed by atoms with Crippen molar-refractivity contribution in [1.82, 2.24) is 24.8 Å².